The molecule has 0 radical (unpaired) electrons. The first kappa shape index (κ1) is 12.3. The highest BCUT2D eigenvalue weighted by Crippen LogP contribution is 2.04. The summed E-state index contributed by atoms with van der Waals surface area (Å²) in [5.41, 5.74) is 1.26. The molecular weight excluding hydrogens is 228 g/mol. The van der Waals surface area contributed by atoms with Crippen molar-refractivity contribution >= 4 is 5.91 Å². The smallest absolute Gasteiger partial charge is 0.220 e. The van der Waals surface area contributed by atoms with Crippen molar-refractivity contribution in [3.05, 3.63) is 48.0 Å². The van der Waals surface area contributed by atoms with Crippen LogP contribution in [0, 0.1) is 0 Å². The Bertz CT molecular complexity index is 467. The van der Waals surface area contributed by atoms with E-state index in [0.717, 1.165) is 12.8 Å². The Labute approximate surface area is 106 Å². The van der Waals surface area contributed by atoms with Crippen LogP contribution in [0.3, 0.4) is 0 Å². The zero-order valence-electron chi connectivity index (χ0n) is 10.1. The molecule has 1 aromatic heterocycles. The van der Waals surface area contributed by atoms with Gasteiger partial charge in [0.25, 0.3) is 0 Å². The minimum absolute atomic E-state index is 0.0438. The Morgan fingerprint density at radius 2 is 2.11 bits per heavy atom. The molecule has 0 fully saturated rings. The molecule has 0 atom stereocenters. The van der Waals surface area contributed by atoms with Gasteiger partial charge in [-0.3, -0.25) is 9.89 Å². The number of nitrogens with one attached hydrogen (secondary N) is 2. The Morgan fingerprint density at radius 1 is 1.28 bits per heavy atom. The Morgan fingerprint density at radius 3 is 2.83 bits per heavy atom. The lowest BCUT2D eigenvalue weighted by Crippen LogP contribution is -2.23. The summed E-state index contributed by atoms with van der Waals surface area (Å²) in [6.45, 7) is 0.407. The van der Waals surface area contributed by atoms with E-state index in [0.29, 0.717) is 18.8 Å². The van der Waals surface area contributed by atoms with Gasteiger partial charge in [-0.1, -0.05) is 30.3 Å². The molecule has 2 aromatic rings. The number of aryl methyl sites for hydroxylation is 1. The van der Waals surface area contributed by atoms with E-state index >= 15 is 0 Å². The van der Waals surface area contributed by atoms with Crippen LogP contribution in [0.4, 0.5) is 0 Å². The number of nitrogens with zero attached hydrogens (tertiary/aromatic N) is 2. The van der Waals surface area contributed by atoms with Gasteiger partial charge in [-0.15, -0.1) is 0 Å². The van der Waals surface area contributed by atoms with Crippen molar-refractivity contribution < 1.29 is 4.79 Å². The molecule has 1 aromatic carbocycles. The number of aromatic nitrogens is 3. The molecule has 1 amide bonds. The maximum atomic E-state index is 11.6. The summed E-state index contributed by atoms with van der Waals surface area (Å²) in [6.07, 6.45) is 3.74. The van der Waals surface area contributed by atoms with E-state index in [-0.39, 0.29) is 5.91 Å². The van der Waals surface area contributed by atoms with Gasteiger partial charge in [0.05, 0.1) is 6.54 Å². The number of hydrogen-bond acceptors (Lipinski definition) is 3. The minimum Gasteiger partial charge on any atom is -0.349 e. The van der Waals surface area contributed by atoms with Gasteiger partial charge in [-0.05, 0) is 18.4 Å². The predicted molar refractivity (Wildman–Crippen MR) is 67.6 cm³/mol. The topological polar surface area (TPSA) is 70.7 Å². The van der Waals surface area contributed by atoms with Gasteiger partial charge in [-0.25, -0.2) is 4.98 Å². The standard InChI is InChI=1S/C13H16N4O/c18-13(14-9-12-15-10-16-17-12)8-4-7-11-5-2-1-3-6-11/h1-3,5-6,10H,4,7-9H2,(H,14,18)(H,15,16,17). The summed E-state index contributed by atoms with van der Waals surface area (Å²) in [6, 6.07) is 10.2. The van der Waals surface area contributed by atoms with E-state index < -0.39 is 0 Å². The van der Waals surface area contributed by atoms with E-state index in [1.807, 2.05) is 18.2 Å². The number of H-pyrrole nitrogens is 1. The van der Waals surface area contributed by atoms with Gasteiger partial charge < -0.3 is 5.32 Å². The van der Waals surface area contributed by atoms with Crippen molar-refractivity contribution in [1.82, 2.24) is 20.5 Å². The summed E-state index contributed by atoms with van der Waals surface area (Å²) in [4.78, 5) is 15.5. The molecule has 18 heavy (non-hydrogen) atoms. The van der Waals surface area contributed by atoms with E-state index in [1.54, 1.807) is 0 Å². The fraction of sp³-hybridized carbons (Fsp3) is 0.308. The lowest BCUT2D eigenvalue weighted by atomic mass is 10.1. The van der Waals surface area contributed by atoms with E-state index in [1.165, 1.54) is 11.9 Å². The molecule has 0 unspecified atom stereocenters. The summed E-state index contributed by atoms with van der Waals surface area (Å²) >= 11 is 0. The van der Waals surface area contributed by atoms with Crippen molar-refractivity contribution in [2.24, 2.45) is 0 Å². The summed E-state index contributed by atoms with van der Waals surface area (Å²) < 4.78 is 0. The van der Waals surface area contributed by atoms with Crippen LogP contribution in [0.2, 0.25) is 0 Å². The van der Waals surface area contributed by atoms with Crippen molar-refractivity contribution in [3.8, 4) is 0 Å². The van der Waals surface area contributed by atoms with Crippen molar-refractivity contribution in [3.63, 3.8) is 0 Å². The van der Waals surface area contributed by atoms with Crippen LogP contribution in [0.15, 0.2) is 36.7 Å². The van der Waals surface area contributed by atoms with Crippen molar-refractivity contribution in [1.29, 1.82) is 0 Å². The minimum atomic E-state index is 0.0438. The van der Waals surface area contributed by atoms with Crippen LogP contribution < -0.4 is 5.32 Å². The highest BCUT2D eigenvalue weighted by Gasteiger charge is 2.02. The van der Waals surface area contributed by atoms with E-state index in [9.17, 15) is 4.79 Å². The first-order chi connectivity index (χ1) is 8.84. The zero-order valence-corrected chi connectivity index (χ0v) is 10.1. The van der Waals surface area contributed by atoms with Crippen LogP contribution in [-0.4, -0.2) is 21.1 Å². The van der Waals surface area contributed by atoms with Gasteiger partial charge in [0.1, 0.15) is 12.2 Å². The zero-order chi connectivity index (χ0) is 12.6. The van der Waals surface area contributed by atoms with E-state index in [4.69, 9.17) is 0 Å². The number of rotatable bonds is 6. The molecule has 0 saturated heterocycles. The molecule has 0 aliphatic carbocycles. The Kier molecular flexibility index (Phi) is 4.46. The third kappa shape index (κ3) is 4.01. The molecule has 0 aliphatic rings. The molecule has 2 N–H and O–H groups in total. The third-order valence-electron chi connectivity index (χ3n) is 2.63. The average Bonchev–Trinajstić information content (AvgIpc) is 2.91. The van der Waals surface area contributed by atoms with Crippen molar-refractivity contribution in [2.45, 2.75) is 25.8 Å². The molecule has 2 rings (SSSR count). The second-order valence-corrected chi connectivity index (χ2v) is 4.05. The normalized spacial score (nSPS) is 10.2. The monoisotopic (exact) mass is 244 g/mol. The quantitative estimate of drug-likeness (QED) is 0.807. The van der Waals surface area contributed by atoms with Crippen LogP contribution in [0.5, 0.6) is 0 Å². The first-order valence-electron chi connectivity index (χ1n) is 5.99. The molecule has 0 saturated carbocycles. The van der Waals surface area contributed by atoms with Gasteiger partial charge in [0.15, 0.2) is 0 Å². The number of amides is 1. The number of benzene rings is 1. The maximum absolute atomic E-state index is 11.6. The molecular formula is C13H16N4O. The fourth-order valence-electron chi connectivity index (χ4n) is 1.68. The SMILES string of the molecule is O=C(CCCc1ccccc1)NCc1ncn[nH]1. The largest absolute Gasteiger partial charge is 0.349 e. The molecule has 5 heteroatoms. The predicted octanol–water partition coefficient (Wildman–Crippen LogP) is 1.44. The molecule has 94 valence electrons. The number of carbonyl (C=O) groups is 1. The third-order valence-corrected chi connectivity index (χ3v) is 2.63. The van der Waals surface area contributed by atoms with Crippen LogP contribution in [0.1, 0.15) is 24.2 Å². The van der Waals surface area contributed by atoms with Crippen LogP contribution >= 0.6 is 0 Å². The highest BCUT2D eigenvalue weighted by atomic mass is 16.1. The highest BCUT2D eigenvalue weighted by molar-refractivity contribution is 5.75. The fourth-order valence-corrected chi connectivity index (χ4v) is 1.68. The van der Waals surface area contributed by atoms with Gasteiger partial charge in [0, 0.05) is 6.42 Å². The van der Waals surface area contributed by atoms with Crippen LogP contribution in [-0.2, 0) is 17.8 Å². The number of aromatic amines is 1. The molecule has 5 nitrogen and oxygen atoms in total. The Balaban J connectivity index is 1.63. The summed E-state index contributed by atoms with van der Waals surface area (Å²) in [5.74, 6) is 0.716. The van der Waals surface area contributed by atoms with Gasteiger partial charge >= 0.3 is 0 Å². The number of carbonyl (C=O) groups excluding carboxylic acids is 1. The second-order valence-electron chi connectivity index (χ2n) is 4.05. The lowest BCUT2D eigenvalue weighted by Gasteiger charge is -2.03. The lowest BCUT2D eigenvalue weighted by molar-refractivity contribution is -0.121. The van der Waals surface area contributed by atoms with Crippen LogP contribution in [0.25, 0.3) is 0 Å². The Hall–Kier alpha value is -2.17. The van der Waals surface area contributed by atoms with Crippen molar-refractivity contribution in [2.75, 3.05) is 0 Å². The molecule has 1 heterocycles. The molecule has 0 bridgehead atoms. The first-order valence-corrected chi connectivity index (χ1v) is 5.99. The van der Waals surface area contributed by atoms with Gasteiger partial charge in [-0.2, -0.15) is 5.10 Å². The average molecular weight is 244 g/mol. The van der Waals surface area contributed by atoms with Gasteiger partial charge in [0.2, 0.25) is 5.91 Å². The van der Waals surface area contributed by atoms with E-state index in [2.05, 4.69) is 32.6 Å². The summed E-state index contributed by atoms with van der Waals surface area (Å²) in [7, 11) is 0. The second kappa shape index (κ2) is 6.54. The number of hydrogen-bond donors (Lipinski definition) is 2. The molecule has 0 spiro atoms. The maximum Gasteiger partial charge on any atom is 0.220 e. The molecule has 0 aliphatic heterocycles. The summed E-state index contributed by atoms with van der Waals surface area (Å²) in [5, 5.41) is 9.21.